The molecule has 86 valence electrons. The number of unbranched alkanes of at least 4 members (excludes halogenated alkanes) is 3. The first-order valence-electron chi connectivity index (χ1n) is 5.20. The molecule has 4 nitrogen and oxygen atoms in total. The van der Waals surface area contributed by atoms with Crippen LogP contribution in [-0.4, -0.2) is 13.1 Å². The van der Waals surface area contributed by atoms with Crippen molar-refractivity contribution in [1.82, 2.24) is 5.48 Å². The van der Waals surface area contributed by atoms with Crippen molar-refractivity contribution in [3.05, 3.63) is 24.6 Å². The van der Waals surface area contributed by atoms with Gasteiger partial charge < -0.3 is 9.57 Å². The molecule has 1 heterocycles. The molecule has 0 fully saturated rings. The first kappa shape index (κ1) is 13.5. The first-order valence-corrected chi connectivity index (χ1v) is 5.20. The number of nitrogens with one attached hydrogen (secondary N) is 1. The Kier molecular flexibility index (Phi) is 11.3. The van der Waals surface area contributed by atoms with Crippen LogP contribution in [0.5, 0.6) is 0 Å². The van der Waals surface area contributed by atoms with Crippen LogP contribution in [0.1, 0.15) is 32.6 Å². The highest BCUT2D eigenvalue weighted by Gasteiger charge is 1.85. The molecule has 1 aliphatic rings. The van der Waals surface area contributed by atoms with Crippen LogP contribution in [-0.2, 0) is 14.4 Å². The highest BCUT2D eigenvalue weighted by molar-refractivity contribution is 5.36. The molecule has 1 rings (SSSR count). The van der Waals surface area contributed by atoms with Crippen LogP contribution in [0.3, 0.4) is 0 Å². The van der Waals surface area contributed by atoms with Gasteiger partial charge in [-0.2, -0.15) is 0 Å². The van der Waals surface area contributed by atoms with E-state index in [2.05, 4.69) is 22.0 Å². The second kappa shape index (κ2) is 12.6. The van der Waals surface area contributed by atoms with Gasteiger partial charge in [-0.1, -0.05) is 26.2 Å². The molecule has 0 aromatic rings. The lowest BCUT2D eigenvalue weighted by molar-refractivity contribution is -0.128. The highest BCUT2D eigenvalue weighted by Crippen LogP contribution is 1.97. The molecule has 0 aliphatic carbocycles. The maximum atomic E-state index is 9.62. The van der Waals surface area contributed by atoms with E-state index in [1.165, 1.54) is 19.3 Å². The van der Waals surface area contributed by atoms with Crippen molar-refractivity contribution in [3.8, 4) is 0 Å². The molecule has 0 unspecified atom stereocenters. The van der Waals surface area contributed by atoms with Crippen molar-refractivity contribution >= 4 is 6.47 Å². The third-order valence-corrected chi connectivity index (χ3v) is 1.67. The zero-order chi connectivity index (χ0) is 11.2. The minimum Gasteiger partial charge on any atom is -0.468 e. The standard InChI is InChI=1S/C7H14O2.C4H5NO/c1-2-3-4-5-6-9-7-8;1-2-4-6-5-3-1/h7H,2-6H2,1H3;1-5H. The molecule has 0 aromatic carbocycles. The number of hydrogen-bond acceptors (Lipinski definition) is 4. The maximum Gasteiger partial charge on any atom is 0.293 e. The summed E-state index contributed by atoms with van der Waals surface area (Å²) in [5, 5.41) is 0. The first-order chi connectivity index (χ1) is 7.41. The number of hydroxylamine groups is 1. The number of allylic oxidation sites excluding steroid dienone is 2. The molecule has 4 heteroatoms. The summed E-state index contributed by atoms with van der Waals surface area (Å²) in [4.78, 5) is 14.2. The van der Waals surface area contributed by atoms with Crippen LogP contribution in [0, 0.1) is 0 Å². The van der Waals surface area contributed by atoms with E-state index >= 15 is 0 Å². The molecule has 0 saturated carbocycles. The van der Waals surface area contributed by atoms with Crippen LogP contribution in [0.4, 0.5) is 0 Å². The molecule has 0 atom stereocenters. The number of ether oxygens (including phenoxy) is 1. The Balaban J connectivity index is 0.000000280. The molecule has 15 heavy (non-hydrogen) atoms. The van der Waals surface area contributed by atoms with Crippen LogP contribution >= 0.6 is 0 Å². The van der Waals surface area contributed by atoms with Crippen LogP contribution in [0.2, 0.25) is 0 Å². The molecule has 1 N–H and O–H groups in total. The van der Waals surface area contributed by atoms with Gasteiger partial charge in [-0.05, 0) is 18.6 Å². The minimum atomic E-state index is 0.506. The van der Waals surface area contributed by atoms with E-state index in [1.807, 2.05) is 6.08 Å². The number of carbonyl (C=O) groups excluding carboxylic acids is 1. The fourth-order valence-electron chi connectivity index (χ4n) is 0.918. The van der Waals surface area contributed by atoms with Gasteiger partial charge in [-0.3, -0.25) is 4.79 Å². The van der Waals surface area contributed by atoms with Crippen molar-refractivity contribution in [3.63, 3.8) is 0 Å². The predicted octanol–water partition coefficient (Wildman–Crippen LogP) is 2.29. The Morgan fingerprint density at radius 2 is 2.20 bits per heavy atom. The lowest BCUT2D eigenvalue weighted by Gasteiger charge is -1.97. The van der Waals surface area contributed by atoms with Crippen LogP contribution < -0.4 is 5.48 Å². The van der Waals surface area contributed by atoms with Gasteiger partial charge in [0.25, 0.3) is 6.47 Å². The third-order valence-electron chi connectivity index (χ3n) is 1.67. The lowest BCUT2D eigenvalue weighted by Crippen LogP contribution is -2.01. The van der Waals surface area contributed by atoms with Gasteiger partial charge >= 0.3 is 0 Å². The second-order valence-corrected chi connectivity index (χ2v) is 2.95. The zero-order valence-electron chi connectivity index (χ0n) is 9.15. The topological polar surface area (TPSA) is 47.6 Å². The van der Waals surface area contributed by atoms with Crippen molar-refractivity contribution in [2.24, 2.45) is 0 Å². The van der Waals surface area contributed by atoms with Crippen molar-refractivity contribution in [2.45, 2.75) is 32.6 Å². The van der Waals surface area contributed by atoms with E-state index in [9.17, 15) is 4.79 Å². The average Bonchev–Trinajstić information content (AvgIpc) is 2.32. The number of rotatable bonds is 6. The lowest BCUT2D eigenvalue weighted by atomic mass is 10.2. The third kappa shape index (κ3) is 12.5. The van der Waals surface area contributed by atoms with Crippen molar-refractivity contribution in [2.75, 3.05) is 6.61 Å². The number of hydrogen-bond donors (Lipinski definition) is 1. The van der Waals surface area contributed by atoms with Crippen molar-refractivity contribution in [1.29, 1.82) is 0 Å². The van der Waals surface area contributed by atoms with Gasteiger partial charge in [0.1, 0.15) is 6.26 Å². The Morgan fingerprint density at radius 1 is 1.33 bits per heavy atom. The van der Waals surface area contributed by atoms with Crippen LogP contribution in [0.25, 0.3) is 0 Å². The zero-order valence-corrected chi connectivity index (χ0v) is 9.15. The van der Waals surface area contributed by atoms with E-state index in [-0.39, 0.29) is 0 Å². The van der Waals surface area contributed by atoms with Gasteiger partial charge in [0.05, 0.1) is 6.61 Å². The predicted molar refractivity (Wildman–Crippen MR) is 58.7 cm³/mol. The maximum absolute atomic E-state index is 9.62. The molecule has 0 radical (unpaired) electrons. The van der Waals surface area contributed by atoms with Gasteiger partial charge in [-0.25, -0.2) is 5.48 Å². The minimum absolute atomic E-state index is 0.506. The largest absolute Gasteiger partial charge is 0.468 e. The summed E-state index contributed by atoms with van der Waals surface area (Å²) in [6.45, 7) is 3.25. The molecule has 0 saturated heterocycles. The average molecular weight is 213 g/mol. The second-order valence-electron chi connectivity index (χ2n) is 2.95. The summed E-state index contributed by atoms with van der Waals surface area (Å²) in [5.41, 5.74) is 2.52. The van der Waals surface area contributed by atoms with Gasteiger partial charge in [0.2, 0.25) is 0 Å². The summed E-state index contributed by atoms with van der Waals surface area (Å²) in [5.74, 6) is 0. The fourth-order valence-corrected chi connectivity index (χ4v) is 0.918. The Labute approximate surface area is 90.9 Å². The quantitative estimate of drug-likeness (QED) is 0.543. The summed E-state index contributed by atoms with van der Waals surface area (Å²) >= 11 is 0. The normalized spacial score (nSPS) is 11.8. The summed E-state index contributed by atoms with van der Waals surface area (Å²) in [6.07, 6.45) is 11.6. The molecule has 0 amide bonds. The fraction of sp³-hybridized carbons (Fsp3) is 0.545. The van der Waals surface area contributed by atoms with Crippen LogP contribution in [0.15, 0.2) is 24.6 Å². The smallest absolute Gasteiger partial charge is 0.293 e. The van der Waals surface area contributed by atoms with E-state index in [0.717, 1.165) is 6.42 Å². The van der Waals surface area contributed by atoms with Gasteiger partial charge in [0.15, 0.2) is 0 Å². The van der Waals surface area contributed by atoms with E-state index in [0.29, 0.717) is 13.1 Å². The van der Waals surface area contributed by atoms with Gasteiger partial charge in [0, 0.05) is 6.20 Å². The highest BCUT2D eigenvalue weighted by atomic mass is 16.6. The number of carbonyl (C=O) groups is 1. The Bertz CT molecular complexity index is 178. The molecule has 0 aromatic heterocycles. The summed E-state index contributed by atoms with van der Waals surface area (Å²) in [6, 6.07) is 0. The molecule has 0 spiro atoms. The Hall–Kier alpha value is -1.45. The molecular weight excluding hydrogens is 194 g/mol. The molecular formula is C11H19NO3. The molecule has 1 aliphatic heterocycles. The summed E-state index contributed by atoms with van der Waals surface area (Å²) in [7, 11) is 0. The van der Waals surface area contributed by atoms with E-state index < -0.39 is 0 Å². The SMILES string of the molecule is C1=CNOC=C1.CCCCCCOC=O. The van der Waals surface area contributed by atoms with E-state index in [4.69, 9.17) is 0 Å². The molecule has 0 bridgehead atoms. The van der Waals surface area contributed by atoms with E-state index in [1.54, 1.807) is 18.5 Å². The van der Waals surface area contributed by atoms with Gasteiger partial charge in [-0.15, -0.1) is 0 Å². The van der Waals surface area contributed by atoms with Crippen molar-refractivity contribution < 1.29 is 14.4 Å². The monoisotopic (exact) mass is 213 g/mol. The summed E-state index contributed by atoms with van der Waals surface area (Å²) < 4.78 is 4.50. The Morgan fingerprint density at radius 3 is 2.60 bits per heavy atom.